The van der Waals surface area contributed by atoms with Crippen LogP contribution in [0.25, 0.3) is 0 Å². The van der Waals surface area contributed by atoms with Gasteiger partial charge in [-0.3, -0.25) is 8.98 Å². The lowest BCUT2D eigenvalue weighted by atomic mass is 10.2. The number of ether oxygens (including phenoxy) is 1. The Bertz CT molecular complexity index is 570. The maximum absolute atomic E-state index is 10.8. The van der Waals surface area contributed by atoms with E-state index in [0.717, 1.165) is 0 Å². The van der Waals surface area contributed by atoms with Crippen LogP contribution in [0.4, 0.5) is 0 Å². The summed E-state index contributed by atoms with van der Waals surface area (Å²) in [5, 5.41) is 8.57. The van der Waals surface area contributed by atoms with Crippen LogP contribution in [0, 0.1) is 0 Å². The fourth-order valence-corrected chi connectivity index (χ4v) is 2.04. The summed E-state index contributed by atoms with van der Waals surface area (Å²) in [4.78, 5) is 14.6. The van der Waals surface area contributed by atoms with E-state index < -0.39 is 28.5 Å². The number of hydrogen-bond acceptors (Lipinski definition) is 7. The topological polar surface area (TPSA) is 152 Å². The largest absolute Gasteiger partial charge is 0.363 e. The molecule has 2 heterocycles. The van der Waals surface area contributed by atoms with Crippen LogP contribution >= 0.6 is 0 Å². The van der Waals surface area contributed by atoms with Crippen molar-refractivity contribution in [3.63, 3.8) is 0 Å². The van der Waals surface area contributed by atoms with E-state index >= 15 is 0 Å². The fourth-order valence-electron chi connectivity index (χ4n) is 1.70. The summed E-state index contributed by atoms with van der Waals surface area (Å²) in [5.41, 5.74) is 5.03. The molecule has 1 aliphatic rings. The van der Waals surface area contributed by atoms with Crippen molar-refractivity contribution >= 4 is 16.2 Å². The van der Waals surface area contributed by atoms with E-state index in [0.29, 0.717) is 12.8 Å². The molecule has 0 aromatic carbocycles. The van der Waals surface area contributed by atoms with E-state index in [1.807, 2.05) is 0 Å². The van der Waals surface area contributed by atoms with Crippen molar-refractivity contribution in [1.29, 1.82) is 0 Å². The highest BCUT2D eigenvalue weighted by Gasteiger charge is 2.28. The Hall–Kier alpha value is -1.56. The molecule has 106 valence electrons. The number of nitrogens with two attached hydrogens (primary N) is 2. The van der Waals surface area contributed by atoms with Crippen molar-refractivity contribution in [2.75, 3.05) is 6.61 Å². The maximum atomic E-state index is 10.8. The summed E-state index contributed by atoms with van der Waals surface area (Å²) in [6.07, 6.45) is 1.64. The molecule has 1 saturated heterocycles. The number of amides is 1. The molecule has 1 aliphatic heterocycles. The molecule has 2 atom stereocenters. The third-order valence-corrected chi connectivity index (χ3v) is 2.99. The molecule has 1 amide bonds. The predicted octanol–water partition coefficient (Wildman–Crippen LogP) is -1.73. The van der Waals surface area contributed by atoms with Crippen LogP contribution < -0.4 is 10.9 Å². The molecule has 10 nitrogen and oxygen atoms in total. The quantitative estimate of drug-likeness (QED) is 0.653. The molecule has 0 spiro atoms. The summed E-state index contributed by atoms with van der Waals surface area (Å²) < 4.78 is 32.6. The average Bonchev–Trinajstić information content (AvgIpc) is 2.94. The minimum Gasteiger partial charge on any atom is -0.363 e. The van der Waals surface area contributed by atoms with Gasteiger partial charge in [0.15, 0.2) is 6.23 Å². The first-order valence-electron chi connectivity index (χ1n) is 5.39. The molecule has 4 N–H and O–H groups in total. The zero-order valence-corrected chi connectivity index (χ0v) is 10.6. The summed E-state index contributed by atoms with van der Waals surface area (Å²) >= 11 is 0. The minimum atomic E-state index is -3.98. The number of primary amides is 1. The minimum absolute atomic E-state index is 0.104. The molecule has 1 aromatic heterocycles. The number of hydrogen-bond donors (Lipinski definition) is 2. The lowest BCUT2D eigenvalue weighted by Gasteiger charge is -2.12. The molecule has 1 aromatic rings. The first kappa shape index (κ1) is 13.9. The smallest absolute Gasteiger partial charge is 0.333 e. The summed E-state index contributed by atoms with van der Waals surface area (Å²) in [7, 11) is -3.98. The highest BCUT2D eigenvalue weighted by Crippen LogP contribution is 2.27. The third kappa shape index (κ3) is 3.70. The Balaban J connectivity index is 1.92. The van der Waals surface area contributed by atoms with Gasteiger partial charge in [-0.15, -0.1) is 5.10 Å². The second-order valence-electron chi connectivity index (χ2n) is 3.98. The van der Waals surface area contributed by atoms with Gasteiger partial charge < -0.3 is 10.5 Å². The van der Waals surface area contributed by atoms with Gasteiger partial charge in [0.25, 0.3) is 5.91 Å². The summed E-state index contributed by atoms with van der Waals surface area (Å²) in [6.45, 7) is -0.160. The number of aromatic nitrogens is 3. The standard InChI is InChI=1S/C8H13N5O5S/c9-7(14)8-11-4-13(12-8)6-2-1-5(18-6)3-17-19(10,15)16/h4-6H,1-3H2,(H2,9,14)(H2,10,15,16)/t5-,6+/m0/s1. The van der Waals surface area contributed by atoms with Crippen LogP contribution in [0.15, 0.2) is 6.33 Å². The van der Waals surface area contributed by atoms with Crippen molar-refractivity contribution < 1.29 is 22.1 Å². The zero-order valence-electron chi connectivity index (χ0n) is 9.80. The van der Waals surface area contributed by atoms with Gasteiger partial charge in [-0.25, -0.2) is 14.8 Å². The van der Waals surface area contributed by atoms with E-state index in [1.165, 1.54) is 11.0 Å². The van der Waals surface area contributed by atoms with E-state index in [4.69, 9.17) is 15.6 Å². The van der Waals surface area contributed by atoms with Crippen LogP contribution in [-0.4, -0.2) is 41.8 Å². The monoisotopic (exact) mass is 291 g/mol. The molecule has 11 heteroatoms. The molecule has 0 aliphatic carbocycles. The molecule has 2 rings (SSSR count). The Labute approximate surface area is 108 Å². The van der Waals surface area contributed by atoms with Gasteiger partial charge in [0.2, 0.25) is 5.82 Å². The number of carbonyl (C=O) groups is 1. The van der Waals surface area contributed by atoms with Crippen LogP contribution in [0.1, 0.15) is 29.7 Å². The number of carbonyl (C=O) groups excluding carboxylic acids is 1. The van der Waals surface area contributed by atoms with Crippen LogP contribution in [-0.2, 0) is 19.2 Å². The second-order valence-corrected chi connectivity index (χ2v) is 5.20. The highest BCUT2D eigenvalue weighted by molar-refractivity contribution is 7.84. The van der Waals surface area contributed by atoms with E-state index in [2.05, 4.69) is 14.3 Å². The van der Waals surface area contributed by atoms with Gasteiger partial charge in [-0.2, -0.15) is 8.42 Å². The van der Waals surface area contributed by atoms with Crippen LogP contribution in [0.2, 0.25) is 0 Å². The first-order chi connectivity index (χ1) is 8.85. The Kier molecular flexibility index (Phi) is 3.80. The predicted molar refractivity (Wildman–Crippen MR) is 60.7 cm³/mol. The van der Waals surface area contributed by atoms with Crippen LogP contribution in [0.5, 0.6) is 0 Å². The molecule has 0 radical (unpaired) electrons. The maximum Gasteiger partial charge on any atom is 0.333 e. The molecule has 0 bridgehead atoms. The molecule has 1 fully saturated rings. The van der Waals surface area contributed by atoms with Crippen molar-refractivity contribution in [2.45, 2.75) is 25.2 Å². The SMILES string of the molecule is NC(=O)c1ncn([C@H]2CC[C@@H](COS(N)(=O)=O)O2)n1. The summed E-state index contributed by atoms with van der Waals surface area (Å²) in [5.74, 6) is -0.835. The number of nitrogens with zero attached hydrogens (tertiary/aromatic N) is 3. The molecular weight excluding hydrogens is 278 g/mol. The van der Waals surface area contributed by atoms with E-state index in [1.54, 1.807) is 0 Å². The van der Waals surface area contributed by atoms with E-state index in [9.17, 15) is 13.2 Å². The lowest BCUT2D eigenvalue weighted by molar-refractivity contribution is -0.0230. The normalized spacial score (nSPS) is 23.6. The summed E-state index contributed by atoms with van der Waals surface area (Å²) in [6, 6.07) is 0. The Morgan fingerprint density at radius 2 is 2.32 bits per heavy atom. The zero-order chi connectivity index (χ0) is 14.0. The fraction of sp³-hybridized carbons (Fsp3) is 0.625. The van der Waals surface area contributed by atoms with Gasteiger partial charge >= 0.3 is 10.3 Å². The van der Waals surface area contributed by atoms with Crippen molar-refractivity contribution in [3.8, 4) is 0 Å². The van der Waals surface area contributed by atoms with Gasteiger partial charge in [-0.05, 0) is 12.8 Å². The van der Waals surface area contributed by atoms with Gasteiger partial charge in [0, 0.05) is 0 Å². The van der Waals surface area contributed by atoms with Gasteiger partial charge in [0.1, 0.15) is 6.33 Å². The lowest BCUT2D eigenvalue weighted by Crippen LogP contribution is -2.23. The highest BCUT2D eigenvalue weighted by atomic mass is 32.2. The van der Waals surface area contributed by atoms with Gasteiger partial charge in [0.05, 0.1) is 12.7 Å². The average molecular weight is 291 g/mol. The molecule has 19 heavy (non-hydrogen) atoms. The Morgan fingerprint density at radius 1 is 1.58 bits per heavy atom. The second kappa shape index (κ2) is 5.21. The van der Waals surface area contributed by atoms with Crippen molar-refractivity contribution in [3.05, 3.63) is 12.2 Å². The number of rotatable bonds is 5. The third-order valence-electron chi connectivity index (χ3n) is 2.53. The van der Waals surface area contributed by atoms with Crippen molar-refractivity contribution in [1.82, 2.24) is 14.8 Å². The molecule has 0 unspecified atom stereocenters. The van der Waals surface area contributed by atoms with Gasteiger partial charge in [-0.1, -0.05) is 0 Å². The Morgan fingerprint density at radius 3 is 2.89 bits per heavy atom. The first-order valence-corrected chi connectivity index (χ1v) is 6.86. The van der Waals surface area contributed by atoms with E-state index in [-0.39, 0.29) is 12.4 Å². The van der Waals surface area contributed by atoms with Crippen molar-refractivity contribution in [2.24, 2.45) is 10.9 Å². The molecular formula is C8H13N5O5S. The molecule has 0 saturated carbocycles. The van der Waals surface area contributed by atoms with Crippen LogP contribution in [0.3, 0.4) is 0 Å².